The number of carboxylic acids is 1. The highest BCUT2D eigenvalue weighted by molar-refractivity contribution is 5.70. The summed E-state index contributed by atoms with van der Waals surface area (Å²) in [5, 5.41) is 23.8. The molecule has 1 aliphatic rings. The van der Waals surface area contributed by atoms with Crippen molar-refractivity contribution < 1.29 is 15.0 Å². The summed E-state index contributed by atoms with van der Waals surface area (Å²) < 4.78 is 1.82. The van der Waals surface area contributed by atoms with Crippen LogP contribution in [0.3, 0.4) is 0 Å². The molecular weight excluding hydrogens is 232 g/mol. The average molecular weight is 252 g/mol. The summed E-state index contributed by atoms with van der Waals surface area (Å²) in [7, 11) is 0. The molecule has 2 rings (SSSR count). The summed E-state index contributed by atoms with van der Waals surface area (Å²) >= 11 is 0. The molecule has 5 heteroatoms. The molecule has 5 nitrogen and oxygen atoms in total. The first-order chi connectivity index (χ1) is 8.39. The Bertz CT molecular complexity index is 445. The van der Waals surface area contributed by atoms with Crippen LogP contribution < -0.4 is 0 Å². The Morgan fingerprint density at radius 2 is 2.11 bits per heavy atom. The molecule has 0 atom stereocenters. The third kappa shape index (κ3) is 2.72. The molecule has 1 saturated carbocycles. The molecule has 2 N–H and O–H groups in total. The molecule has 0 bridgehead atoms. The molecule has 0 aromatic carbocycles. The largest absolute Gasteiger partial charge is 0.481 e. The van der Waals surface area contributed by atoms with Gasteiger partial charge in [-0.2, -0.15) is 5.10 Å². The standard InChI is InChI=1S/C13H20N2O3/c1-9-7-10(2)15(14-9)8-13(18)5-3-11(4-6-13)12(16)17/h7,11,18H,3-6,8H2,1-2H3,(H,16,17). The highest BCUT2D eigenvalue weighted by atomic mass is 16.4. The van der Waals surface area contributed by atoms with E-state index in [1.165, 1.54) is 0 Å². The first kappa shape index (κ1) is 13.1. The highest BCUT2D eigenvalue weighted by Crippen LogP contribution is 2.33. The zero-order valence-corrected chi connectivity index (χ0v) is 10.9. The van der Waals surface area contributed by atoms with E-state index in [1.54, 1.807) is 0 Å². The second-order valence-electron chi connectivity index (χ2n) is 5.42. The van der Waals surface area contributed by atoms with Gasteiger partial charge in [0.1, 0.15) is 0 Å². The van der Waals surface area contributed by atoms with Crippen molar-refractivity contribution in [1.82, 2.24) is 9.78 Å². The number of aromatic nitrogens is 2. The summed E-state index contributed by atoms with van der Waals surface area (Å²) in [6.45, 7) is 4.35. The van der Waals surface area contributed by atoms with E-state index in [-0.39, 0.29) is 5.92 Å². The molecule has 0 radical (unpaired) electrons. The second kappa shape index (κ2) is 4.72. The van der Waals surface area contributed by atoms with Gasteiger partial charge >= 0.3 is 5.97 Å². The second-order valence-corrected chi connectivity index (χ2v) is 5.42. The van der Waals surface area contributed by atoms with Crippen LogP contribution in [0.5, 0.6) is 0 Å². The molecule has 1 aliphatic carbocycles. The lowest BCUT2D eigenvalue weighted by Crippen LogP contribution is -2.40. The van der Waals surface area contributed by atoms with E-state index in [0.29, 0.717) is 32.2 Å². The molecule has 1 fully saturated rings. The van der Waals surface area contributed by atoms with E-state index in [1.807, 2.05) is 24.6 Å². The molecule has 0 spiro atoms. The zero-order valence-electron chi connectivity index (χ0n) is 10.9. The van der Waals surface area contributed by atoms with Crippen molar-refractivity contribution in [2.75, 3.05) is 0 Å². The Labute approximate surface area is 106 Å². The van der Waals surface area contributed by atoms with Crippen molar-refractivity contribution in [3.63, 3.8) is 0 Å². The van der Waals surface area contributed by atoms with Crippen LogP contribution in [0.1, 0.15) is 37.1 Å². The number of aliphatic hydroxyl groups is 1. The van der Waals surface area contributed by atoms with E-state index in [9.17, 15) is 9.90 Å². The van der Waals surface area contributed by atoms with Crippen LogP contribution in [0.25, 0.3) is 0 Å². The number of carbonyl (C=O) groups is 1. The van der Waals surface area contributed by atoms with Gasteiger partial charge in [-0.3, -0.25) is 9.48 Å². The van der Waals surface area contributed by atoms with Crippen LogP contribution in [0.4, 0.5) is 0 Å². The summed E-state index contributed by atoms with van der Waals surface area (Å²) in [6, 6.07) is 1.98. The minimum atomic E-state index is -0.810. The number of aliphatic carboxylic acids is 1. The van der Waals surface area contributed by atoms with Gasteiger partial charge in [0.15, 0.2) is 0 Å². The average Bonchev–Trinajstić information content (AvgIpc) is 2.57. The Kier molecular flexibility index (Phi) is 3.43. The van der Waals surface area contributed by atoms with Gasteiger partial charge in [0, 0.05) is 5.69 Å². The third-order valence-corrected chi connectivity index (χ3v) is 3.81. The zero-order chi connectivity index (χ0) is 13.3. The lowest BCUT2D eigenvalue weighted by atomic mass is 9.79. The quantitative estimate of drug-likeness (QED) is 0.855. The maximum Gasteiger partial charge on any atom is 0.306 e. The summed E-state index contributed by atoms with van der Waals surface area (Å²) in [6.07, 6.45) is 2.15. The summed E-state index contributed by atoms with van der Waals surface area (Å²) in [5.41, 5.74) is 1.16. The molecule has 100 valence electrons. The lowest BCUT2D eigenvalue weighted by Gasteiger charge is -2.34. The fourth-order valence-corrected chi connectivity index (χ4v) is 2.67. The van der Waals surface area contributed by atoms with Crippen LogP contribution in [0, 0.1) is 19.8 Å². The molecule has 0 amide bonds. The molecule has 0 saturated heterocycles. The Hall–Kier alpha value is -1.36. The van der Waals surface area contributed by atoms with Crippen molar-refractivity contribution in [1.29, 1.82) is 0 Å². The molecule has 1 aromatic rings. The first-order valence-electron chi connectivity index (χ1n) is 6.36. The van der Waals surface area contributed by atoms with Crippen LogP contribution in [0.2, 0.25) is 0 Å². The monoisotopic (exact) mass is 252 g/mol. The topological polar surface area (TPSA) is 75.4 Å². The highest BCUT2D eigenvalue weighted by Gasteiger charge is 2.36. The fourth-order valence-electron chi connectivity index (χ4n) is 2.67. The SMILES string of the molecule is Cc1cc(C)n(CC2(O)CCC(C(=O)O)CC2)n1. The van der Waals surface area contributed by atoms with Gasteiger partial charge in [-0.1, -0.05) is 0 Å². The Balaban J connectivity index is 2.02. The molecule has 18 heavy (non-hydrogen) atoms. The maximum absolute atomic E-state index is 10.9. The van der Waals surface area contributed by atoms with Gasteiger partial charge in [0.2, 0.25) is 0 Å². The molecule has 1 aromatic heterocycles. The first-order valence-corrected chi connectivity index (χ1v) is 6.36. The van der Waals surface area contributed by atoms with Crippen molar-refractivity contribution in [3.8, 4) is 0 Å². The number of hydrogen-bond acceptors (Lipinski definition) is 3. The minimum absolute atomic E-state index is 0.300. The molecule has 0 unspecified atom stereocenters. The number of hydrogen-bond donors (Lipinski definition) is 2. The number of rotatable bonds is 3. The minimum Gasteiger partial charge on any atom is -0.481 e. The summed E-state index contributed by atoms with van der Waals surface area (Å²) in [4.78, 5) is 10.9. The third-order valence-electron chi connectivity index (χ3n) is 3.81. The smallest absolute Gasteiger partial charge is 0.306 e. The normalized spacial score (nSPS) is 28.3. The van der Waals surface area contributed by atoms with Crippen LogP contribution in [0.15, 0.2) is 6.07 Å². The van der Waals surface area contributed by atoms with Gasteiger partial charge in [0.05, 0.1) is 23.8 Å². The van der Waals surface area contributed by atoms with E-state index in [2.05, 4.69) is 5.10 Å². The predicted molar refractivity (Wildman–Crippen MR) is 66.2 cm³/mol. The van der Waals surface area contributed by atoms with Gasteiger partial charge in [-0.05, 0) is 45.6 Å². The van der Waals surface area contributed by atoms with Crippen LogP contribution in [-0.2, 0) is 11.3 Å². The molecule has 1 heterocycles. The van der Waals surface area contributed by atoms with Crippen molar-refractivity contribution in [2.45, 2.75) is 51.7 Å². The Morgan fingerprint density at radius 1 is 1.50 bits per heavy atom. The van der Waals surface area contributed by atoms with Crippen molar-refractivity contribution in [3.05, 3.63) is 17.5 Å². The van der Waals surface area contributed by atoms with E-state index in [0.717, 1.165) is 11.4 Å². The fraction of sp³-hybridized carbons (Fsp3) is 0.692. The number of aryl methyl sites for hydroxylation is 2. The van der Waals surface area contributed by atoms with Crippen LogP contribution in [-0.4, -0.2) is 31.6 Å². The number of carboxylic acid groups (broad SMARTS) is 1. The van der Waals surface area contributed by atoms with Gasteiger partial charge in [-0.25, -0.2) is 0 Å². The maximum atomic E-state index is 10.9. The summed E-state index contributed by atoms with van der Waals surface area (Å²) in [5.74, 6) is -1.05. The molecular formula is C13H20N2O3. The van der Waals surface area contributed by atoms with Crippen molar-refractivity contribution >= 4 is 5.97 Å². The Morgan fingerprint density at radius 3 is 2.56 bits per heavy atom. The van der Waals surface area contributed by atoms with Gasteiger partial charge < -0.3 is 10.2 Å². The molecule has 0 aliphatic heterocycles. The van der Waals surface area contributed by atoms with E-state index in [4.69, 9.17) is 5.11 Å². The number of nitrogens with zero attached hydrogens (tertiary/aromatic N) is 2. The van der Waals surface area contributed by atoms with E-state index >= 15 is 0 Å². The lowest BCUT2D eigenvalue weighted by molar-refractivity contribution is -0.145. The van der Waals surface area contributed by atoms with E-state index < -0.39 is 11.6 Å². The van der Waals surface area contributed by atoms with Gasteiger partial charge in [0.25, 0.3) is 0 Å². The predicted octanol–water partition coefficient (Wildman–Crippen LogP) is 1.51. The van der Waals surface area contributed by atoms with Crippen molar-refractivity contribution in [2.24, 2.45) is 5.92 Å². The van der Waals surface area contributed by atoms with Gasteiger partial charge in [-0.15, -0.1) is 0 Å². The van der Waals surface area contributed by atoms with Crippen LogP contribution >= 0.6 is 0 Å².